The highest BCUT2D eigenvalue weighted by atomic mass is 16.3. The zero-order valence-electron chi connectivity index (χ0n) is 15.6. The van der Waals surface area contributed by atoms with E-state index < -0.39 is 11.5 Å². The molecule has 3 N–H and O–H groups in total. The van der Waals surface area contributed by atoms with Gasteiger partial charge in [-0.05, 0) is 49.4 Å². The topological polar surface area (TPSA) is 116 Å². The number of benzene rings is 1. The second-order valence-corrected chi connectivity index (χ2v) is 6.46. The number of amides is 1. The maximum atomic E-state index is 12.5. The summed E-state index contributed by atoms with van der Waals surface area (Å²) >= 11 is 0. The summed E-state index contributed by atoms with van der Waals surface area (Å²) in [6.07, 6.45) is 1.49. The molecule has 8 nitrogen and oxygen atoms in total. The minimum Gasteiger partial charge on any atom is -0.463 e. The monoisotopic (exact) mass is 390 g/mol. The fourth-order valence-electron chi connectivity index (χ4n) is 2.89. The van der Waals surface area contributed by atoms with E-state index >= 15 is 0 Å². The molecule has 1 amide bonds. The van der Waals surface area contributed by atoms with Gasteiger partial charge in [0.05, 0.1) is 6.26 Å². The van der Waals surface area contributed by atoms with Crippen LogP contribution in [0.15, 0.2) is 74.5 Å². The van der Waals surface area contributed by atoms with E-state index in [1.54, 1.807) is 24.3 Å². The van der Waals surface area contributed by atoms with Gasteiger partial charge >= 0.3 is 0 Å². The Balaban J connectivity index is 1.54. The van der Waals surface area contributed by atoms with Gasteiger partial charge in [-0.3, -0.25) is 9.59 Å². The minimum absolute atomic E-state index is 0.0191. The first-order valence-corrected chi connectivity index (χ1v) is 8.88. The van der Waals surface area contributed by atoms with Crippen molar-refractivity contribution in [2.75, 3.05) is 11.1 Å². The number of nitrogens with one attached hydrogen (secondary N) is 1. The summed E-state index contributed by atoms with van der Waals surface area (Å²) in [4.78, 5) is 24.8. The number of rotatable bonds is 5. The highest BCUT2D eigenvalue weighted by molar-refractivity contribution is 5.91. The lowest BCUT2D eigenvalue weighted by atomic mass is 10.1. The Morgan fingerprint density at radius 2 is 2.00 bits per heavy atom. The third kappa shape index (κ3) is 3.96. The van der Waals surface area contributed by atoms with E-state index in [0.717, 1.165) is 16.0 Å². The zero-order valence-corrected chi connectivity index (χ0v) is 15.6. The molecule has 0 atom stereocenters. The van der Waals surface area contributed by atoms with Crippen LogP contribution < -0.4 is 16.6 Å². The van der Waals surface area contributed by atoms with Crippen LogP contribution in [0.2, 0.25) is 0 Å². The number of aryl methyl sites for hydroxylation is 1. The molecule has 0 unspecified atom stereocenters. The summed E-state index contributed by atoms with van der Waals surface area (Å²) in [5.74, 6) is 1.54. The van der Waals surface area contributed by atoms with E-state index in [4.69, 9.17) is 14.6 Å². The normalized spacial score (nSPS) is 10.8. The fraction of sp³-hybridized carbons (Fsp3) is 0.0952. The van der Waals surface area contributed by atoms with Crippen molar-refractivity contribution >= 4 is 17.3 Å². The van der Waals surface area contributed by atoms with Crippen LogP contribution in [0, 0.1) is 6.92 Å². The lowest BCUT2D eigenvalue weighted by molar-refractivity contribution is -0.117. The Bertz CT molecular complexity index is 1220. The van der Waals surface area contributed by atoms with Crippen LogP contribution in [0.5, 0.6) is 0 Å². The lowest BCUT2D eigenvalue weighted by Gasteiger charge is -2.09. The van der Waals surface area contributed by atoms with E-state index in [-0.39, 0.29) is 12.2 Å². The molecule has 146 valence electrons. The zero-order chi connectivity index (χ0) is 20.4. The molecule has 4 aromatic rings. The summed E-state index contributed by atoms with van der Waals surface area (Å²) in [5.41, 5.74) is 6.99. The maximum Gasteiger partial charge on any atom is 0.290 e. The van der Waals surface area contributed by atoms with E-state index in [2.05, 4.69) is 10.4 Å². The van der Waals surface area contributed by atoms with Crippen molar-refractivity contribution in [2.45, 2.75) is 13.5 Å². The van der Waals surface area contributed by atoms with Gasteiger partial charge in [0, 0.05) is 11.3 Å². The first kappa shape index (κ1) is 18.3. The molecule has 3 heterocycles. The molecule has 8 heteroatoms. The molecule has 0 fully saturated rings. The average Bonchev–Trinajstić information content (AvgIpc) is 3.37. The smallest absolute Gasteiger partial charge is 0.290 e. The molecule has 0 saturated heterocycles. The van der Waals surface area contributed by atoms with Crippen LogP contribution in [0.4, 0.5) is 11.4 Å². The highest BCUT2D eigenvalue weighted by Crippen LogP contribution is 2.24. The highest BCUT2D eigenvalue weighted by Gasteiger charge is 2.13. The van der Waals surface area contributed by atoms with Crippen molar-refractivity contribution in [1.29, 1.82) is 0 Å². The van der Waals surface area contributed by atoms with Gasteiger partial charge in [0.2, 0.25) is 5.91 Å². The van der Waals surface area contributed by atoms with Gasteiger partial charge in [0.1, 0.15) is 29.4 Å². The number of nitrogens with two attached hydrogens (primary N) is 1. The molecule has 4 rings (SSSR count). The number of nitrogens with zero attached hydrogens (tertiary/aromatic N) is 2. The number of hydrogen-bond acceptors (Lipinski definition) is 6. The molecule has 1 aromatic carbocycles. The molecule has 0 aliphatic heterocycles. The van der Waals surface area contributed by atoms with Crippen LogP contribution in [0.3, 0.4) is 0 Å². The number of anilines is 2. The Labute approximate surface area is 165 Å². The summed E-state index contributed by atoms with van der Waals surface area (Å²) in [5, 5.41) is 6.94. The van der Waals surface area contributed by atoms with E-state index in [9.17, 15) is 9.59 Å². The van der Waals surface area contributed by atoms with Crippen molar-refractivity contribution in [3.05, 3.63) is 77.0 Å². The van der Waals surface area contributed by atoms with Gasteiger partial charge in [-0.2, -0.15) is 5.10 Å². The van der Waals surface area contributed by atoms with E-state index in [1.807, 2.05) is 31.2 Å². The summed E-state index contributed by atoms with van der Waals surface area (Å²) in [7, 11) is 0. The van der Waals surface area contributed by atoms with Crippen molar-refractivity contribution in [3.8, 4) is 22.8 Å². The SMILES string of the molecule is Cc1ccc(-c2cccc(NC(=O)Cn3nc(-c4ccco4)cc(N)c3=O)c2)o1. The quantitative estimate of drug-likeness (QED) is 0.540. The number of hydrogen-bond donors (Lipinski definition) is 2. The number of carbonyl (C=O) groups is 1. The van der Waals surface area contributed by atoms with Crippen LogP contribution in [0.1, 0.15) is 5.76 Å². The number of furan rings is 2. The first-order chi connectivity index (χ1) is 14.0. The summed E-state index contributed by atoms with van der Waals surface area (Å²) < 4.78 is 11.9. The Hall–Kier alpha value is -4.07. The number of aromatic nitrogens is 2. The predicted molar refractivity (Wildman–Crippen MR) is 108 cm³/mol. The van der Waals surface area contributed by atoms with E-state index in [0.29, 0.717) is 22.9 Å². The van der Waals surface area contributed by atoms with Gasteiger partial charge in [0.25, 0.3) is 5.56 Å². The largest absolute Gasteiger partial charge is 0.463 e. The van der Waals surface area contributed by atoms with Crippen LogP contribution in [0.25, 0.3) is 22.8 Å². The van der Waals surface area contributed by atoms with Gasteiger partial charge in [-0.1, -0.05) is 12.1 Å². The average molecular weight is 390 g/mol. The molecule has 0 bridgehead atoms. The number of nitrogen functional groups attached to an aromatic ring is 1. The lowest BCUT2D eigenvalue weighted by Crippen LogP contribution is -2.31. The third-order valence-electron chi connectivity index (χ3n) is 4.24. The standard InChI is InChI=1S/C21H18N4O4/c1-13-7-8-18(29-13)14-4-2-5-15(10-14)23-20(26)12-25-21(27)16(22)11-17(24-25)19-6-3-9-28-19/h2-11H,12,22H2,1H3,(H,23,26). The molecule has 29 heavy (non-hydrogen) atoms. The minimum atomic E-state index is -0.546. The number of carbonyl (C=O) groups excluding carboxylic acids is 1. The molecule has 0 spiro atoms. The molecule has 0 aliphatic carbocycles. The molecule has 0 aliphatic rings. The Kier molecular flexibility index (Phi) is 4.74. The van der Waals surface area contributed by atoms with Crippen LogP contribution in [-0.2, 0) is 11.3 Å². The Morgan fingerprint density at radius 3 is 2.72 bits per heavy atom. The van der Waals surface area contributed by atoms with Crippen molar-refractivity contribution in [1.82, 2.24) is 9.78 Å². The van der Waals surface area contributed by atoms with Crippen molar-refractivity contribution < 1.29 is 13.6 Å². The second kappa shape index (κ2) is 7.51. The van der Waals surface area contributed by atoms with E-state index in [1.165, 1.54) is 12.3 Å². The second-order valence-electron chi connectivity index (χ2n) is 6.46. The summed E-state index contributed by atoms with van der Waals surface area (Å²) in [6, 6.07) is 15.8. The van der Waals surface area contributed by atoms with Crippen molar-refractivity contribution in [3.63, 3.8) is 0 Å². The molecular weight excluding hydrogens is 372 g/mol. The maximum absolute atomic E-state index is 12.5. The van der Waals surface area contributed by atoms with Gasteiger partial charge in [-0.15, -0.1) is 0 Å². The van der Waals surface area contributed by atoms with Crippen LogP contribution >= 0.6 is 0 Å². The fourth-order valence-corrected chi connectivity index (χ4v) is 2.89. The van der Waals surface area contributed by atoms with Gasteiger partial charge in [-0.25, -0.2) is 4.68 Å². The van der Waals surface area contributed by atoms with Crippen molar-refractivity contribution in [2.24, 2.45) is 0 Å². The molecule has 0 saturated carbocycles. The Morgan fingerprint density at radius 1 is 1.14 bits per heavy atom. The molecule has 3 aromatic heterocycles. The first-order valence-electron chi connectivity index (χ1n) is 8.88. The molecule has 0 radical (unpaired) electrons. The molecular formula is C21H18N4O4. The van der Waals surface area contributed by atoms with Gasteiger partial charge < -0.3 is 19.9 Å². The predicted octanol–water partition coefficient (Wildman–Crippen LogP) is 3.29. The van der Waals surface area contributed by atoms with Crippen LogP contribution in [-0.4, -0.2) is 15.7 Å². The summed E-state index contributed by atoms with van der Waals surface area (Å²) in [6.45, 7) is 1.57. The van der Waals surface area contributed by atoms with Gasteiger partial charge in [0.15, 0.2) is 5.76 Å². The third-order valence-corrected chi connectivity index (χ3v) is 4.24.